The third kappa shape index (κ3) is 4.72. The highest BCUT2D eigenvalue weighted by Gasteiger charge is 2.37. The lowest BCUT2D eigenvalue weighted by Gasteiger charge is -2.17. The van der Waals surface area contributed by atoms with Gasteiger partial charge in [0.2, 0.25) is 5.91 Å². The van der Waals surface area contributed by atoms with Crippen molar-refractivity contribution in [2.45, 2.75) is 45.4 Å². The molecule has 1 aliphatic rings. The van der Waals surface area contributed by atoms with Crippen LogP contribution in [-0.4, -0.2) is 27.4 Å². The van der Waals surface area contributed by atoms with Gasteiger partial charge in [-0.15, -0.1) is 5.10 Å². The molecule has 1 aliphatic heterocycles. The van der Waals surface area contributed by atoms with Crippen molar-refractivity contribution in [1.29, 1.82) is 0 Å². The van der Waals surface area contributed by atoms with Crippen molar-refractivity contribution in [2.24, 2.45) is 10.2 Å². The van der Waals surface area contributed by atoms with Gasteiger partial charge in [-0.05, 0) is 47.7 Å². The summed E-state index contributed by atoms with van der Waals surface area (Å²) < 4.78 is 0. The molecule has 3 aromatic carbocycles. The summed E-state index contributed by atoms with van der Waals surface area (Å²) in [5.41, 5.74) is 4.54. The first-order valence-electron chi connectivity index (χ1n) is 10.7. The Morgan fingerprint density at radius 1 is 1.06 bits per heavy atom. The first-order valence-corrected chi connectivity index (χ1v) is 11.6. The second-order valence-corrected chi connectivity index (χ2v) is 9.11. The first kappa shape index (κ1) is 21.3. The van der Waals surface area contributed by atoms with E-state index in [9.17, 15) is 4.79 Å². The summed E-state index contributed by atoms with van der Waals surface area (Å²) in [6, 6.07) is 20.8. The van der Waals surface area contributed by atoms with E-state index in [0.717, 1.165) is 29.5 Å². The predicted molar refractivity (Wildman–Crippen MR) is 132 cm³/mol. The fourth-order valence-electron chi connectivity index (χ4n) is 3.89. The first-order chi connectivity index (χ1) is 15.1. The molecule has 4 rings (SSSR count). The Morgan fingerprint density at radius 2 is 1.87 bits per heavy atom. The van der Waals surface area contributed by atoms with Crippen molar-refractivity contribution in [2.75, 3.05) is 0 Å². The zero-order valence-electron chi connectivity index (χ0n) is 18.2. The largest absolute Gasteiger partial charge is 0.284 e. The van der Waals surface area contributed by atoms with Gasteiger partial charge >= 0.3 is 0 Å². The molecule has 0 unspecified atom stereocenters. The Kier molecular flexibility index (Phi) is 6.52. The molecule has 0 saturated carbocycles. The van der Waals surface area contributed by atoms with E-state index in [2.05, 4.69) is 73.4 Å². The van der Waals surface area contributed by atoms with Gasteiger partial charge in [0, 0.05) is 0 Å². The summed E-state index contributed by atoms with van der Waals surface area (Å²) in [6.07, 6.45) is 3.58. The minimum Gasteiger partial charge on any atom is -0.284 e. The van der Waals surface area contributed by atoms with Crippen LogP contribution in [0.3, 0.4) is 0 Å². The van der Waals surface area contributed by atoms with Crippen LogP contribution in [0.2, 0.25) is 0 Å². The van der Waals surface area contributed by atoms with Crippen LogP contribution in [0.25, 0.3) is 10.8 Å². The van der Waals surface area contributed by atoms with Crippen LogP contribution in [0.15, 0.2) is 70.9 Å². The van der Waals surface area contributed by atoms with Crippen LogP contribution < -0.4 is 0 Å². The van der Waals surface area contributed by atoms with E-state index < -0.39 is 0 Å². The predicted octanol–water partition coefficient (Wildman–Crippen LogP) is 6.09. The maximum atomic E-state index is 13.1. The van der Waals surface area contributed by atoms with E-state index in [4.69, 9.17) is 0 Å². The lowest BCUT2D eigenvalue weighted by atomic mass is 10.0. The van der Waals surface area contributed by atoms with Crippen LogP contribution in [-0.2, 0) is 11.3 Å². The molecule has 0 aromatic heterocycles. The molecule has 1 heterocycles. The van der Waals surface area contributed by atoms with Crippen LogP contribution in [0.5, 0.6) is 0 Å². The van der Waals surface area contributed by atoms with Gasteiger partial charge in [0.25, 0.3) is 0 Å². The number of amidine groups is 1. The number of thioether (sulfide) groups is 1. The molecule has 31 heavy (non-hydrogen) atoms. The standard InChI is InChI=1S/C26H27N3OS/c1-4-8-24-25(30)29(17-22-11-7-10-20-9-5-6-12-23(20)22)26(31-24)28-27-16-21-14-13-18(2)15-19(21)3/h5-7,9-16,24H,4,8,17H2,1-3H3/b27-16-,28-26+/t24-/m0/s1. The maximum Gasteiger partial charge on any atom is 0.242 e. The Morgan fingerprint density at radius 3 is 2.68 bits per heavy atom. The lowest BCUT2D eigenvalue weighted by molar-refractivity contribution is -0.126. The number of benzene rings is 3. The SMILES string of the molecule is CCC[C@@H]1S/C(=N/N=C\c2ccc(C)cc2C)N(Cc2cccc3ccccc23)C1=O. The van der Waals surface area contributed by atoms with Gasteiger partial charge in [0.1, 0.15) is 0 Å². The van der Waals surface area contributed by atoms with Crippen molar-refractivity contribution in [3.63, 3.8) is 0 Å². The van der Waals surface area contributed by atoms with E-state index >= 15 is 0 Å². The second-order valence-electron chi connectivity index (χ2n) is 7.95. The molecule has 5 heteroatoms. The third-order valence-electron chi connectivity index (χ3n) is 5.54. The minimum absolute atomic E-state index is 0.0879. The third-order valence-corrected chi connectivity index (χ3v) is 6.78. The Hall–Kier alpha value is -2.92. The van der Waals surface area contributed by atoms with Gasteiger partial charge in [-0.25, -0.2) is 0 Å². The van der Waals surface area contributed by atoms with E-state index in [1.165, 1.54) is 28.1 Å². The lowest BCUT2D eigenvalue weighted by Crippen LogP contribution is -2.31. The zero-order chi connectivity index (χ0) is 21.8. The number of carbonyl (C=O) groups is 1. The smallest absolute Gasteiger partial charge is 0.242 e. The summed E-state index contributed by atoms with van der Waals surface area (Å²) in [5, 5.41) is 11.8. The van der Waals surface area contributed by atoms with E-state index in [0.29, 0.717) is 11.7 Å². The summed E-state index contributed by atoms with van der Waals surface area (Å²) in [5.74, 6) is 0.125. The molecule has 158 valence electrons. The van der Waals surface area contributed by atoms with Crippen molar-refractivity contribution in [3.05, 3.63) is 82.9 Å². The molecule has 4 nitrogen and oxygen atoms in total. The monoisotopic (exact) mass is 429 g/mol. The fourth-order valence-corrected chi connectivity index (χ4v) is 5.10. The van der Waals surface area contributed by atoms with Gasteiger partial charge in [-0.1, -0.05) is 91.3 Å². The van der Waals surface area contributed by atoms with Gasteiger partial charge in [-0.3, -0.25) is 9.69 Å². The van der Waals surface area contributed by atoms with Crippen LogP contribution in [0.4, 0.5) is 0 Å². The second kappa shape index (κ2) is 9.48. The highest BCUT2D eigenvalue weighted by Crippen LogP contribution is 2.32. The highest BCUT2D eigenvalue weighted by molar-refractivity contribution is 8.15. The Balaban J connectivity index is 1.63. The molecule has 1 saturated heterocycles. The molecule has 1 amide bonds. The average Bonchev–Trinajstić information content (AvgIpc) is 3.05. The van der Waals surface area contributed by atoms with Crippen molar-refractivity contribution >= 4 is 39.8 Å². The van der Waals surface area contributed by atoms with Crippen LogP contribution in [0, 0.1) is 13.8 Å². The normalized spacial score (nSPS) is 18.0. The van der Waals surface area contributed by atoms with Gasteiger partial charge < -0.3 is 0 Å². The van der Waals surface area contributed by atoms with E-state index in [1.54, 1.807) is 11.1 Å². The molecule has 0 N–H and O–H groups in total. The minimum atomic E-state index is -0.0879. The highest BCUT2D eigenvalue weighted by atomic mass is 32.2. The number of aryl methyl sites for hydroxylation is 2. The van der Waals surface area contributed by atoms with Crippen LogP contribution in [0.1, 0.15) is 42.0 Å². The summed E-state index contributed by atoms with van der Waals surface area (Å²) in [7, 11) is 0. The molecule has 3 aromatic rings. The molecule has 1 fully saturated rings. The van der Waals surface area contributed by atoms with E-state index in [1.807, 2.05) is 18.2 Å². The number of fused-ring (bicyclic) bond motifs is 1. The molecule has 0 aliphatic carbocycles. The van der Waals surface area contributed by atoms with Crippen molar-refractivity contribution in [1.82, 2.24) is 4.90 Å². The van der Waals surface area contributed by atoms with Gasteiger partial charge in [-0.2, -0.15) is 5.10 Å². The Labute approximate surface area is 188 Å². The summed E-state index contributed by atoms with van der Waals surface area (Å²) in [6.45, 7) is 6.76. The fraction of sp³-hybridized carbons (Fsp3) is 0.269. The van der Waals surface area contributed by atoms with E-state index in [-0.39, 0.29) is 11.2 Å². The number of nitrogens with zero attached hydrogens (tertiary/aromatic N) is 3. The Bertz CT molecular complexity index is 1160. The molecular formula is C26H27N3OS. The van der Waals surface area contributed by atoms with Crippen LogP contribution >= 0.6 is 11.8 Å². The number of amides is 1. The van der Waals surface area contributed by atoms with Gasteiger partial charge in [0.05, 0.1) is 18.0 Å². The molecule has 1 atom stereocenters. The average molecular weight is 430 g/mol. The van der Waals surface area contributed by atoms with Gasteiger partial charge in [0.15, 0.2) is 5.17 Å². The number of hydrogen-bond acceptors (Lipinski definition) is 4. The summed E-state index contributed by atoms with van der Waals surface area (Å²) in [4.78, 5) is 14.9. The topological polar surface area (TPSA) is 45.0 Å². The zero-order valence-corrected chi connectivity index (χ0v) is 19.0. The quantitative estimate of drug-likeness (QED) is 0.351. The number of carbonyl (C=O) groups excluding carboxylic acids is 1. The van der Waals surface area contributed by atoms with Crippen molar-refractivity contribution in [3.8, 4) is 0 Å². The number of rotatable bonds is 6. The maximum absolute atomic E-state index is 13.1. The molecular weight excluding hydrogens is 402 g/mol. The molecule has 0 bridgehead atoms. The molecule has 0 spiro atoms. The number of hydrogen-bond donors (Lipinski definition) is 0. The molecule has 0 radical (unpaired) electrons. The summed E-state index contributed by atoms with van der Waals surface area (Å²) >= 11 is 1.53. The van der Waals surface area contributed by atoms with Crippen molar-refractivity contribution < 1.29 is 4.79 Å².